The number of hydrogen-bond acceptors (Lipinski definition) is 43. The normalized spacial score (nSPS) is 31.3. The summed E-state index contributed by atoms with van der Waals surface area (Å²) in [6.45, 7) is -0.761. The van der Waals surface area contributed by atoms with Crippen molar-refractivity contribution in [1.29, 1.82) is 0 Å². The molecule has 71 heteroatoms. The van der Waals surface area contributed by atoms with Crippen LogP contribution in [0, 0.1) is 37.3 Å². The fourth-order valence-corrected chi connectivity index (χ4v) is 25.9. The van der Waals surface area contributed by atoms with E-state index < -0.39 is 316 Å². The van der Waals surface area contributed by atoms with E-state index in [1.807, 2.05) is 0 Å². The predicted molar refractivity (Wildman–Crippen MR) is 494 cm³/mol. The molecule has 8 fully saturated rings. The number of H-pyrrole nitrogens is 1. The minimum atomic E-state index is -5.58. The fraction of sp³-hybridized carbons (Fsp3) is 0.623. The van der Waals surface area contributed by atoms with Crippen LogP contribution in [0.4, 0.5) is 17.1 Å². The lowest BCUT2D eigenvalue weighted by Crippen LogP contribution is -2.33. The molecule has 12 heterocycles. The molecular weight excluding hydrogens is 2180 g/mol. The average molecular weight is 2280 g/mol. The van der Waals surface area contributed by atoms with Crippen molar-refractivity contribution in [3.05, 3.63) is 154 Å². The maximum Gasteiger partial charge on any atom is 0.472 e. The number of rotatable bonds is 52. The van der Waals surface area contributed by atoms with Crippen LogP contribution in [-0.2, 0) is 161 Å². The number of fused-ring (bicyclic) bond motifs is 3. The minimum absolute atomic E-state index is 0.0535. The molecule has 12 N–H and O–H groups in total. The Morgan fingerprint density at radius 1 is 0.392 bits per heavy atom. The van der Waals surface area contributed by atoms with Crippen LogP contribution in [0.2, 0.25) is 0 Å². The standard InChI is InChI=1S/C77H106N9O53P9/c1-42-33-83(77(89)79-76(42)88)75-32-63(68(131-75)35-117-140(96,97)98)139-143(103,104)118-34-64-56(16-22-115-64)132-142(101,102)119-36-65-57(23-43(2)125-65)133-144(105,106)120-37-66-58(24-44(3)126-66)134-145(107,108)121-38-67-59(25-45(4)127-67)135-146(109,110)122-40-70-61(30-73(129-70)81-19-14-48-27-51(85(92)93)8-11-54(48)81)137-148(113,114)124-41-71-62(31-74(130-71)82-20-15-49-28-52(86(94)95)9-12-55(49)82)138-147(111,112)123-39-69-60(136-141(99,100)116-21-6-17-78-46(5)87)29-72(128-69)80-18-13-47-26-50(84(90)91)7-10-53(47)80/h7-15,18-20,26-28,33,43-45,56-75H,6,16-17,21-25,29-32,34-41H2,1-5H3,(H,78,87)(H,99,100)(H,101,102)(H,103,104)(H,105,106)(H,107,108)(H,109,110)(H,111,112)(H,113,114)(H,79,88,89)(H2,96,97,98). The van der Waals surface area contributed by atoms with Gasteiger partial charge in [0, 0.05) is 154 Å². The van der Waals surface area contributed by atoms with Gasteiger partial charge in [0.05, 0.1) is 109 Å². The number of nitrogens with zero attached hydrogens (tertiary/aromatic N) is 7. The number of hydrogen-bond donors (Lipinski definition) is 12. The number of aromatic nitrogens is 5. The van der Waals surface area contributed by atoms with Gasteiger partial charge < -0.3 is 106 Å². The van der Waals surface area contributed by atoms with E-state index in [1.165, 1.54) is 140 Å². The summed E-state index contributed by atoms with van der Waals surface area (Å²) in [5.41, 5.74) is -1.46. The molecule has 31 atom stereocenters. The van der Waals surface area contributed by atoms with E-state index in [1.54, 1.807) is 0 Å². The van der Waals surface area contributed by atoms with Gasteiger partial charge >= 0.3 is 76.1 Å². The maximum atomic E-state index is 14.6. The van der Waals surface area contributed by atoms with Crippen LogP contribution in [0.25, 0.3) is 32.7 Å². The number of phosphoric acid groups is 9. The molecule has 4 aromatic heterocycles. The summed E-state index contributed by atoms with van der Waals surface area (Å²) in [7, 11) is -47.6. The van der Waals surface area contributed by atoms with Crippen LogP contribution in [0.1, 0.15) is 116 Å². The second-order valence-corrected chi connectivity index (χ2v) is 47.9. The number of nitro benzene ring substituents is 3. The van der Waals surface area contributed by atoms with Gasteiger partial charge in [-0.05, 0) is 70.5 Å². The van der Waals surface area contributed by atoms with Gasteiger partial charge in [-0.1, -0.05) is 0 Å². The van der Waals surface area contributed by atoms with Crippen molar-refractivity contribution in [3.63, 3.8) is 0 Å². The third-order valence-corrected chi connectivity index (χ3v) is 33.1. The Balaban J connectivity index is 0.552. The van der Waals surface area contributed by atoms with Gasteiger partial charge in [-0.25, -0.2) is 45.9 Å². The lowest BCUT2D eigenvalue weighted by molar-refractivity contribution is -0.384. The third kappa shape index (κ3) is 30.8. The Kier molecular flexibility index (Phi) is 37.0. The van der Waals surface area contributed by atoms with Gasteiger partial charge in [0.15, 0.2) is 0 Å². The molecule has 8 saturated heterocycles. The van der Waals surface area contributed by atoms with Crippen molar-refractivity contribution < 1.29 is 224 Å². The van der Waals surface area contributed by atoms with E-state index in [-0.39, 0.29) is 80.2 Å². The Hall–Kier alpha value is -6.70. The molecule has 62 nitrogen and oxygen atoms in total. The molecule has 0 spiro atoms. The van der Waals surface area contributed by atoms with Crippen LogP contribution < -0.4 is 16.6 Å². The van der Waals surface area contributed by atoms with Crippen molar-refractivity contribution in [3.8, 4) is 0 Å². The molecule has 0 radical (unpaired) electrons. The van der Waals surface area contributed by atoms with E-state index in [0.717, 1.165) is 10.8 Å². The highest BCUT2D eigenvalue weighted by atomic mass is 31.2. The Morgan fingerprint density at radius 2 is 0.669 bits per heavy atom. The first-order valence-electron chi connectivity index (χ1n) is 45.4. The predicted octanol–water partition coefficient (Wildman–Crippen LogP) is 8.66. The molecular formula is C77H106N9O53P9. The fourth-order valence-electron chi connectivity index (χ4n) is 17.8. The summed E-state index contributed by atoms with van der Waals surface area (Å²) in [5.74, 6) is -0.385. The number of benzene rings is 3. The van der Waals surface area contributed by atoms with Gasteiger partial charge in [0.25, 0.3) is 22.6 Å². The summed E-state index contributed by atoms with van der Waals surface area (Å²) in [4.78, 5) is 180. The van der Waals surface area contributed by atoms with Crippen LogP contribution in [0.5, 0.6) is 0 Å². The Labute approximate surface area is 835 Å². The first kappa shape index (κ1) is 115. The van der Waals surface area contributed by atoms with Crippen LogP contribution >= 0.6 is 70.4 Å². The molecule has 1 amide bonds. The summed E-state index contributed by atoms with van der Waals surface area (Å²) in [5, 5.41) is 38.8. The van der Waals surface area contributed by atoms with E-state index in [4.69, 9.17) is 110 Å². The average Bonchev–Trinajstić information content (AvgIpc) is 1.61. The molecule has 3 aromatic carbocycles. The van der Waals surface area contributed by atoms with E-state index >= 15 is 0 Å². The van der Waals surface area contributed by atoms with E-state index in [9.17, 15) is 135 Å². The molecule has 0 bridgehead atoms. The second-order valence-electron chi connectivity index (χ2n) is 35.4. The lowest BCUT2D eigenvalue weighted by Gasteiger charge is -2.26. The lowest BCUT2D eigenvalue weighted by atomic mass is 10.1. The summed E-state index contributed by atoms with van der Waals surface area (Å²) in [6.07, 6.45) is -28.0. The number of aromatic amines is 1. The van der Waals surface area contributed by atoms with E-state index in [0.29, 0.717) is 32.7 Å². The monoisotopic (exact) mass is 2280 g/mol. The third-order valence-electron chi connectivity index (χ3n) is 24.5. The first-order valence-corrected chi connectivity index (χ1v) is 58.9. The van der Waals surface area contributed by atoms with Crippen molar-refractivity contribution in [1.82, 2.24) is 28.6 Å². The van der Waals surface area contributed by atoms with Crippen molar-refractivity contribution >= 4 is 126 Å². The van der Waals surface area contributed by atoms with Gasteiger partial charge in [-0.2, -0.15) is 0 Å². The zero-order valence-electron chi connectivity index (χ0n) is 78.3. The van der Waals surface area contributed by atoms with Gasteiger partial charge in [-0.3, -0.25) is 126 Å². The van der Waals surface area contributed by atoms with Crippen LogP contribution in [0.15, 0.2) is 107 Å². The van der Waals surface area contributed by atoms with Crippen molar-refractivity contribution in [2.24, 2.45) is 0 Å². The Morgan fingerprint density at radius 3 is 0.973 bits per heavy atom. The molecule has 822 valence electrons. The highest BCUT2D eigenvalue weighted by Gasteiger charge is 2.53. The largest absolute Gasteiger partial charge is 0.472 e. The Bertz CT molecular complexity index is 6560. The van der Waals surface area contributed by atoms with Gasteiger partial charge in [0.2, 0.25) is 5.91 Å². The van der Waals surface area contributed by atoms with Gasteiger partial charge in [-0.15, -0.1) is 0 Å². The van der Waals surface area contributed by atoms with Crippen LogP contribution in [-0.4, -0.2) is 281 Å². The number of phosphoric ester groups is 9. The molecule has 8 aliphatic rings. The number of amides is 1. The highest BCUT2D eigenvalue weighted by Crippen LogP contribution is 2.59. The molecule has 15 rings (SSSR count). The number of nitro groups is 3. The van der Waals surface area contributed by atoms with Gasteiger partial charge in [0.1, 0.15) is 123 Å². The zero-order valence-corrected chi connectivity index (χ0v) is 86.4. The first-order chi connectivity index (χ1) is 69.4. The maximum absolute atomic E-state index is 14.6. The zero-order chi connectivity index (χ0) is 107. The quantitative estimate of drug-likeness (QED) is 0.00734. The molecule has 8 aliphatic heterocycles. The van der Waals surface area contributed by atoms with E-state index in [2.05, 4.69) is 14.8 Å². The molecule has 148 heavy (non-hydrogen) atoms. The summed E-state index contributed by atoms with van der Waals surface area (Å²) in [6, 6.07) is 16.0. The van der Waals surface area contributed by atoms with Crippen LogP contribution in [0.3, 0.4) is 0 Å². The molecule has 7 aromatic rings. The summed E-state index contributed by atoms with van der Waals surface area (Å²) >= 11 is 0. The topological polar surface area (TPSA) is 815 Å². The second kappa shape index (κ2) is 47.5. The number of non-ortho nitro benzene ring substituents is 3. The molecule has 0 aliphatic carbocycles. The molecule has 31 unspecified atom stereocenters. The van der Waals surface area contributed by atoms with Crippen molar-refractivity contribution in [2.75, 3.05) is 72.6 Å². The number of ether oxygens (including phenoxy) is 8. The number of aryl methyl sites for hydroxylation is 1. The number of carbonyl (C=O) groups is 1. The molecule has 0 saturated carbocycles. The summed E-state index contributed by atoms with van der Waals surface area (Å²) < 4.78 is 267. The smallest absolute Gasteiger partial charge is 0.373 e. The highest BCUT2D eigenvalue weighted by molar-refractivity contribution is 7.49. The SMILES string of the molecule is CC(=O)NCCCOP(=O)(O)OC1CC(n2ccc3cc([N+](=O)[O-])ccc32)OC1COP(=O)(O)OC1CC(n2ccc3cc([N+](=O)[O-])ccc32)OC1COP(=O)(O)OC1CC(n2ccc3cc([N+](=O)[O-])ccc32)OC1COP(=O)(O)OC1CC(C)OC1COP(=O)(O)OC1CC(C)OC1COP(=O)(O)OC1CC(C)OC1COP(=O)(O)OC1CCOC1COP(=O)(O)OC1CC(n2cc(C)c(=O)[nH]c2=O)OC1COP(=O)(O)O. The minimum Gasteiger partial charge on any atom is -0.373 e. The number of carbonyl (C=O) groups excluding carboxylic acids is 1. The number of nitrogens with one attached hydrogen (secondary N) is 2. The van der Waals surface area contributed by atoms with Crippen molar-refractivity contribution in [2.45, 2.75) is 233 Å².